The maximum atomic E-state index is 12.8. The summed E-state index contributed by atoms with van der Waals surface area (Å²) in [7, 11) is 0. The first-order valence-corrected chi connectivity index (χ1v) is 9.20. The fourth-order valence-corrected chi connectivity index (χ4v) is 3.72. The monoisotopic (exact) mass is 340 g/mol. The van der Waals surface area contributed by atoms with Gasteiger partial charge in [0.2, 0.25) is 5.91 Å². The van der Waals surface area contributed by atoms with Crippen molar-refractivity contribution in [3.63, 3.8) is 0 Å². The van der Waals surface area contributed by atoms with E-state index in [4.69, 9.17) is 0 Å². The van der Waals surface area contributed by atoms with Gasteiger partial charge >= 0.3 is 0 Å². The number of aromatic nitrogens is 2. The van der Waals surface area contributed by atoms with Crippen LogP contribution in [0.4, 0.5) is 5.69 Å². The third-order valence-corrected chi connectivity index (χ3v) is 5.09. The predicted octanol–water partition coefficient (Wildman–Crippen LogP) is 3.17. The van der Waals surface area contributed by atoms with Gasteiger partial charge in [0, 0.05) is 30.5 Å². The highest BCUT2D eigenvalue weighted by molar-refractivity contribution is 5.76. The fourth-order valence-electron chi connectivity index (χ4n) is 3.72. The maximum Gasteiger partial charge on any atom is 0.244 e. The average molecular weight is 340 g/mol. The lowest BCUT2D eigenvalue weighted by molar-refractivity contribution is -0.133. The van der Waals surface area contributed by atoms with Gasteiger partial charge in [-0.25, -0.2) is 0 Å². The first-order valence-electron chi connectivity index (χ1n) is 9.20. The number of para-hydroxylation sites is 1. The molecule has 1 unspecified atom stereocenters. The summed E-state index contributed by atoms with van der Waals surface area (Å²) in [6.07, 6.45) is 3.09. The van der Waals surface area contributed by atoms with Crippen LogP contribution in [0.3, 0.4) is 0 Å². The third kappa shape index (κ3) is 4.03. The number of nitrogens with zero attached hydrogens (tertiary/aromatic N) is 3. The molecule has 1 aromatic heterocycles. The van der Waals surface area contributed by atoms with E-state index in [0.717, 1.165) is 49.4 Å². The minimum absolute atomic E-state index is 0.160. The first kappa shape index (κ1) is 17.5. The lowest BCUT2D eigenvalue weighted by atomic mass is 10.1. The summed E-state index contributed by atoms with van der Waals surface area (Å²) < 4.78 is 1.87. The summed E-state index contributed by atoms with van der Waals surface area (Å²) in [6.45, 7) is 8.15. The van der Waals surface area contributed by atoms with Crippen LogP contribution in [-0.4, -0.2) is 39.7 Å². The Morgan fingerprint density at radius 2 is 2.04 bits per heavy atom. The van der Waals surface area contributed by atoms with Gasteiger partial charge in [0.05, 0.1) is 5.69 Å². The molecule has 0 radical (unpaired) electrons. The molecule has 1 saturated heterocycles. The second-order valence-electron chi connectivity index (χ2n) is 6.85. The summed E-state index contributed by atoms with van der Waals surface area (Å²) in [6, 6.07) is 10.5. The van der Waals surface area contributed by atoms with Crippen molar-refractivity contribution >= 4 is 11.6 Å². The molecule has 2 heterocycles. The largest absolute Gasteiger partial charge is 0.381 e. The highest BCUT2D eigenvalue weighted by atomic mass is 16.2. The molecule has 1 aliphatic rings. The van der Waals surface area contributed by atoms with E-state index in [1.54, 1.807) is 0 Å². The summed E-state index contributed by atoms with van der Waals surface area (Å²) in [5, 5.41) is 8.10. The van der Waals surface area contributed by atoms with Crippen LogP contribution in [0.1, 0.15) is 36.7 Å². The smallest absolute Gasteiger partial charge is 0.244 e. The van der Waals surface area contributed by atoms with Gasteiger partial charge in [-0.2, -0.15) is 5.10 Å². The zero-order valence-electron chi connectivity index (χ0n) is 15.5. The van der Waals surface area contributed by atoms with Gasteiger partial charge in [0.1, 0.15) is 6.54 Å². The minimum Gasteiger partial charge on any atom is -0.381 e. The topological polar surface area (TPSA) is 50.2 Å². The van der Waals surface area contributed by atoms with Crippen molar-refractivity contribution in [2.75, 3.05) is 18.4 Å². The Balaban J connectivity index is 1.62. The number of hydrogen-bond acceptors (Lipinski definition) is 3. The normalized spacial score (nSPS) is 17.6. The van der Waals surface area contributed by atoms with Crippen molar-refractivity contribution < 1.29 is 4.79 Å². The van der Waals surface area contributed by atoms with Crippen LogP contribution in [0.15, 0.2) is 30.3 Å². The van der Waals surface area contributed by atoms with Gasteiger partial charge in [-0.15, -0.1) is 0 Å². The number of benzene rings is 1. The number of carbonyl (C=O) groups is 1. The lowest BCUT2D eigenvalue weighted by Crippen LogP contribution is -2.46. The van der Waals surface area contributed by atoms with Gasteiger partial charge < -0.3 is 10.2 Å². The van der Waals surface area contributed by atoms with Crippen LogP contribution in [0.5, 0.6) is 0 Å². The van der Waals surface area contributed by atoms with E-state index in [-0.39, 0.29) is 5.91 Å². The molecule has 0 spiro atoms. The van der Waals surface area contributed by atoms with Gasteiger partial charge in [0.15, 0.2) is 0 Å². The van der Waals surface area contributed by atoms with E-state index >= 15 is 0 Å². The quantitative estimate of drug-likeness (QED) is 0.909. The van der Waals surface area contributed by atoms with Crippen molar-refractivity contribution in [1.29, 1.82) is 0 Å². The highest BCUT2D eigenvalue weighted by Crippen LogP contribution is 2.18. The van der Waals surface area contributed by atoms with Gasteiger partial charge in [-0.05, 0) is 50.8 Å². The Morgan fingerprint density at radius 3 is 2.72 bits per heavy atom. The summed E-state index contributed by atoms with van der Waals surface area (Å²) in [5.41, 5.74) is 4.53. The number of likely N-dealkylation sites (tertiary alicyclic amines) is 1. The van der Waals surface area contributed by atoms with Crippen molar-refractivity contribution in [2.45, 2.75) is 52.6 Å². The number of nitrogens with one attached hydrogen (secondary N) is 1. The molecule has 1 fully saturated rings. The van der Waals surface area contributed by atoms with Crippen LogP contribution in [-0.2, 0) is 17.8 Å². The zero-order valence-corrected chi connectivity index (χ0v) is 15.5. The van der Waals surface area contributed by atoms with Gasteiger partial charge in [-0.3, -0.25) is 9.48 Å². The van der Waals surface area contributed by atoms with Crippen molar-refractivity contribution in [2.24, 2.45) is 0 Å². The van der Waals surface area contributed by atoms with Crippen molar-refractivity contribution in [3.8, 4) is 0 Å². The van der Waals surface area contributed by atoms with E-state index in [0.29, 0.717) is 12.6 Å². The third-order valence-electron chi connectivity index (χ3n) is 5.09. The second-order valence-corrected chi connectivity index (χ2v) is 6.85. The Labute approximate surface area is 150 Å². The van der Waals surface area contributed by atoms with Crippen molar-refractivity contribution in [3.05, 3.63) is 47.3 Å². The van der Waals surface area contributed by atoms with Crippen LogP contribution in [0, 0.1) is 13.8 Å². The summed E-state index contributed by atoms with van der Waals surface area (Å²) >= 11 is 0. The second kappa shape index (κ2) is 7.72. The Kier molecular flexibility index (Phi) is 5.41. The number of carbonyl (C=O) groups excluding carboxylic acids is 1. The first-order chi connectivity index (χ1) is 12.1. The van der Waals surface area contributed by atoms with Gasteiger partial charge in [-0.1, -0.05) is 25.1 Å². The molecule has 25 heavy (non-hydrogen) atoms. The highest BCUT2D eigenvalue weighted by Gasteiger charge is 2.24. The molecule has 1 amide bonds. The molecular formula is C20H28N4O. The van der Waals surface area contributed by atoms with Crippen LogP contribution in [0.2, 0.25) is 0 Å². The van der Waals surface area contributed by atoms with E-state index in [9.17, 15) is 4.79 Å². The Morgan fingerprint density at radius 1 is 1.28 bits per heavy atom. The molecule has 1 aromatic carbocycles. The number of rotatable bonds is 5. The van der Waals surface area contributed by atoms with E-state index < -0.39 is 0 Å². The summed E-state index contributed by atoms with van der Waals surface area (Å²) in [4.78, 5) is 14.7. The predicted molar refractivity (Wildman–Crippen MR) is 101 cm³/mol. The zero-order chi connectivity index (χ0) is 17.8. The average Bonchev–Trinajstić information content (AvgIpc) is 2.89. The number of aryl methyl sites for hydroxylation is 1. The summed E-state index contributed by atoms with van der Waals surface area (Å²) in [5.74, 6) is 0.160. The van der Waals surface area contributed by atoms with Crippen LogP contribution >= 0.6 is 0 Å². The number of anilines is 1. The molecule has 1 atom stereocenters. The minimum atomic E-state index is 0.160. The Bertz CT molecular complexity index is 723. The van der Waals surface area contributed by atoms with E-state index in [2.05, 4.69) is 36.4 Å². The molecule has 5 heteroatoms. The molecule has 2 aromatic rings. The number of amides is 1. The number of hydrogen-bond donors (Lipinski definition) is 1. The molecule has 0 aliphatic carbocycles. The molecule has 1 aliphatic heterocycles. The lowest BCUT2D eigenvalue weighted by Gasteiger charge is -2.33. The molecule has 0 saturated carbocycles. The standard InChI is InChI=1S/C20H28N4O/c1-4-19-15(2)22-24(16(19)3)14-20(25)23-12-8-11-18(13-23)21-17-9-6-5-7-10-17/h5-7,9-10,18,21H,4,8,11-14H2,1-3H3. The fraction of sp³-hybridized carbons (Fsp3) is 0.500. The van der Waals surface area contributed by atoms with Crippen LogP contribution < -0.4 is 5.32 Å². The Hall–Kier alpha value is -2.30. The molecule has 1 N–H and O–H groups in total. The van der Waals surface area contributed by atoms with E-state index in [1.165, 1.54) is 5.56 Å². The SMILES string of the molecule is CCc1c(C)nn(CC(=O)N2CCCC(Nc3ccccc3)C2)c1C. The molecular weight excluding hydrogens is 312 g/mol. The maximum absolute atomic E-state index is 12.8. The molecule has 5 nitrogen and oxygen atoms in total. The van der Waals surface area contributed by atoms with Crippen molar-refractivity contribution in [1.82, 2.24) is 14.7 Å². The van der Waals surface area contributed by atoms with Gasteiger partial charge in [0.25, 0.3) is 0 Å². The number of piperidine rings is 1. The molecule has 134 valence electrons. The van der Waals surface area contributed by atoms with Crippen LogP contribution in [0.25, 0.3) is 0 Å². The van der Waals surface area contributed by atoms with E-state index in [1.807, 2.05) is 34.7 Å². The molecule has 3 rings (SSSR count). The molecule has 0 bridgehead atoms.